The zero-order chi connectivity index (χ0) is 14.8. The summed E-state index contributed by atoms with van der Waals surface area (Å²) < 4.78 is 6.43. The molecule has 108 valence electrons. The number of rotatable bonds is 4. The Kier molecular flexibility index (Phi) is 4.40. The minimum atomic E-state index is -0.445. The molecule has 0 aliphatic rings. The predicted molar refractivity (Wildman–Crippen MR) is 81.9 cm³/mol. The first-order chi connectivity index (χ1) is 9.35. The fourth-order valence-electron chi connectivity index (χ4n) is 1.83. The molecule has 0 fully saturated rings. The van der Waals surface area contributed by atoms with Gasteiger partial charge in [0.15, 0.2) is 0 Å². The fraction of sp³-hybridized carbons (Fsp3) is 0.467. The van der Waals surface area contributed by atoms with E-state index >= 15 is 0 Å². The molecule has 0 amide bonds. The Hall–Kier alpha value is -1.46. The molecule has 5 heteroatoms. The van der Waals surface area contributed by atoms with Crippen LogP contribution in [0.4, 0.5) is 0 Å². The van der Waals surface area contributed by atoms with Crippen molar-refractivity contribution in [2.75, 3.05) is 6.54 Å². The number of ether oxygens (including phenoxy) is 1. The number of fused-ring (bicyclic) bond motifs is 1. The molecule has 1 N–H and O–H groups in total. The SMILES string of the molecule is CC(NCC(=O)OC(C)(C)C)c1cnc2ccsc2c1. The second-order valence-corrected chi connectivity index (χ2v) is 6.71. The topological polar surface area (TPSA) is 51.2 Å². The maximum absolute atomic E-state index is 11.7. The minimum absolute atomic E-state index is 0.0570. The smallest absolute Gasteiger partial charge is 0.320 e. The third-order valence-electron chi connectivity index (χ3n) is 2.80. The van der Waals surface area contributed by atoms with E-state index in [0.717, 1.165) is 15.8 Å². The third-order valence-corrected chi connectivity index (χ3v) is 3.65. The molecule has 0 saturated heterocycles. The van der Waals surface area contributed by atoms with E-state index in [-0.39, 0.29) is 18.6 Å². The molecule has 0 aliphatic carbocycles. The molecule has 0 radical (unpaired) electrons. The quantitative estimate of drug-likeness (QED) is 0.879. The van der Waals surface area contributed by atoms with Gasteiger partial charge in [0.1, 0.15) is 5.60 Å². The molecule has 4 nitrogen and oxygen atoms in total. The van der Waals surface area contributed by atoms with Crippen LogP contribution in [0.1, 0.15) is 39.3 Å². The highest BCUT2D eigenvalue weighted by molar-refractivity contribution is 7.17. The standard InChI is InChI=1S/C15H20N2O2S/c1-10(16-9-14(18)19-15(2,3)4)11-7-13-12(17-8-11)5-6-20-13/h5-8,10,16H,9H2,1-4H3. The van der Waals surface area contributed by atoms with E-state index in [1.165, 1.54) is 0 Å². The average Bonchev–Trinajstić information content (AvgIpc) is 2.80. The Bertz CT molecular complexity index is 601. The molecule has 1 atom stereocenters. The highest BCUT2D eigenvalue weighted by atomic mass is 32.1. The van der Waals surface area contributed by atoms with Gasteiger partial charge in [0.05, 0.1) is 16.8 Å². The van der Waals surface area contributed by atoms with E-state index in [1.807, 2.05) is 45.3 Å². The van der Waals surface area contributed by atoms with Gasteiger partial charge in [0.2, 0.25) is 0 Å². The van der Waals surface area contributed by atoms with Crippen LogP contribution in [0.3, 0.4) is 0 Å². The highest BCUT2D eigenvalue weighted by Gasteiger charge is 2.17. The highest BCUT2D eigenvalue weighted by Crippen LogP contribution is 2.22. The van der Waals surface area contributed by atoms with Gasteiger partial charge in [-0.15, -0.1) is 11.3 Å². The van der Waals surface area contributed by atoms with Gasteiger partial charge >= 0.3 is 5.97 Å². The van der Waals surface area contributed by atoms with Crippen molar-refractivity contribution in [1.82, 2.24) is 10.3 Å². The average molecular weight is 292 g/mol. The van der Waals surface area contributed by atoms with Crippen molar-refractivity contribution in [3.63, 3.8) is 0 Å². The first-order valence-electron chi connectivity index (χ1n) is 6.63. The Morgan fingerprint density at radius 3 is 2.95 bits per heavy atom. The van der Waals surface area contributed by atoms with Gasteiger partial charge in [-0.1, -0.05) is 0 Å². The van der Waals surface area contributed by atoms with E-state index in [4.69, 9.17) is 4.74 Å². The van der Waals surface area contributed by atoms with Crippen molar-refractivity contribution in [1.29, 1.82) is 0 Å². The van der Waals surface area contributed by atoms with Crippen LogP contribution in [0, 0.1) is 0 Å². The second kappa shape index (κ2) is 5.89. The summed E-state index contributed by atoms with van der Waals surface area (Å²) in [7, 11) is 0. The van der Waals surface area contributed by atoms with E-state index in [9.17, 15) is 4.79 Å². The third kappa shape index (κ3) is 4.02. The molecule has 0 saturated carbocycles. The number of esters is 1. The number of hydrogen-bond donors (Lipinski definition) is 1. The monoisotopic (exact) mass is 292 g/mol. The lowest BCUT2D eigenvalue weighted by Crippen LogP contribution is -2.32. The maximum atomic E-state index is 11.7. The normalized spacial score (nSPS) is 13.4. The van der Waals surface area contributed by atoms with Crippen molar-refractivity contribution in [2.45, 2.75) is 39.3 Å². The summed E-state index contributed by atoms with van der Waals surface area (Å²) in [6, 6.07) is 4.17. The van der Waals surface area contributed by atoms with Crippen molar-refractivity contribution in [3.8, 4) is 0 Å². The summed E-state index contributed by atoms with van der Waals surface area (Å²) in [5.41, 5.74) is 1.64. The van der Waals surface area contributed by atoms with Crippen molar-refractivity contribution in [2.24, 2.45) is 0 Å². The van der Waals surface area contributed by atoms with Crippen molar-refractivity contribution in [3.05, 3.63) is 29.3 Å². The fourth-order valence-corrected chi connectivity index (χ4v) is 2.62. The Labute approximate surface area is 123 Å². The minimum Gasteiger partial charge on any atom is -0.459 e. The van der Waals surface area contributed by atoms with Crippen molar-refractivity contribution >= 4 is 27.5 Å². The van der Waals surface area contributed by atoms with E-state index < -0.39 is 5.60 Å². The van der Waals surface area contributed by atoms with Gasteiger partial charge in [0, 0.05) is 12.2 Å². The van der Waals surface area contributed by atoms with Gasteiger partial charge in [-0.2, -0.15) is 0 Å². The molecule has 2 aromatic rings. The number of hydrogen-bond acceptors (Lipinski definition) is 5. The number of nitrogens with one attached hydrogen (secondary N) is 1. The summed E-state index contributed by atoms with van der Waals surface area (Å²) in [5.74, 6) is -0.241. The van der Waals surface area contributed by atoms with Crippen LogP contribution in [-0.2, 0) is 9.53 Å². The van der Waals surface area contributed by atoms with E-state index in [0.29, 0.717) is 0 Å². The summed E-state index contributed by atoms with van der Waals surface area (Å²) >= 11 is 1.67. The lowest BCUT2D eigenvalue weighted by atomic mass is 10.1. The number of aromatic nitrogens is 1. The molecular formula is C15H20N2O2S. The molecule has 2 aromatic heterocycles. The maximum Gasteiger partial charge on any atom is 0.320 e. The molecular weight excluding hydrogens is 272 g/mol. The predicted octanol–water partition coefficient (Wildman–Crippen LogP) is 3.29. The van der Waals surface area contributed by atoms with Gasteiger partial charge in [0.25, 0.3) is 0 Å². The lowest BCUT2D eigenvalue weighted by Gasteiger charge is -2.20. The van der Waals surface area contributed by atoms with Crippen molar-refractivity contribution < 1.29 is 9.53 Å². The van der Waals surface area contributed by atoms with Crippen LogP contribution in [0.5, 0.6) is 0 Å². The summed E-state index contributed by atoms with van der Waals surface area (Å²) in [6.45, 7) is 7.80. The molecule has 0 aliphatic heterocycles. The van der Waals surface area contributed by atoms with Crippen LogP contribution < -0.4 is 5.32 Å². The van der Waals surface area contributed by atoms with Crippen LogP contribution in [0.15, 0.2) is 23.7 Å². The first kappa shape index (κ1) is 14.9. The number of carbonyl (C=O) groups is 1. The van der Waals surface area contributed by atoms with Crippen LogP contribution in [0.25, 0.3) is 10.2 Å². The second-order valence-electron chi connectivity index (χ2n) is 5.76. The zero-order valence-electron chi connectivity index (χ0n) is 12.3. The molecule has 0 bridgehead atoms. The van der Waals surface area contributed by atoms with Gasteiger partial charge in [-0.05, 0) is 50.8 Å². The summed E-state index contributed by atoms with van der Waals surface area (Å²) in [4.78, 5) is 16.1. The van der Waals surface area contributed by atoms with Gasteiger partial charge in [-0.25, -0.2) is 0 Å². The Balaban J connectivity index is 1.94. The zero-order valence-corrected chi connectivity index (χ0v) is 13.1. The number of carbonyl (C=O) groups excluding carboxylic acids is 1. The summed E-state index contributed by atoms with van der Waals surface area (Å²) in [6.07, 6.45) is 1.85. The number of nitrogens with zero attached hydrogens (tertiary/aromatic N) is 1. The molecule has 20 heavy (non-hydrogen) atoms. The molecule has 2 heterocycles. The number of pyridine rings is 1. The van der Waals surface area contributed by atoms with E-state index in [1.54, 1.807) is 11.3 Å². The molecule has 0 aromatic carbocycles. The lowest BCUT2D eigenvalue weighted by molar-refractivity contribution is -0.153. The van der Waals surface area contributed by atoms with E-state index in [2.05, 4.69) is 16.4 Å². The van der Waals surface area contributed by atoms with Gasteiger partial charge in [-0.3, -0.25) is 9.78 Å². The Morgan fingerprint density at radius 1 is 1.50 bits per heavy atom. The molecule has 1 unspecified atom stereocenters. The molecule has 2 rings (SSSR count). The van der Waals surface area contributed by atoms with Crippen LogP contribution >= 0.6 is 11.3 Å². The molecule has 0 spiro atoms. The largest absolute Gasteiger partial charge is 0.459 e. The summed E-state index contributed by atoms with van der Waals surface area (Å²) in [5, 5.41) is 5.20. The Morgan fingerprint density at radius 2 is 2.25 bits per heavy atom. The van der Waals surface area contributed by atoms with Gasteiger partial charge < -0.3 is 10.1 Å². The number of thiophene rings is 1. The first-order valence-corrected chi connectivity index (χ1v) is 7.51. The van der Waals surface area contributed by atoms with Crippen LogP contribution in [-0.4, -0.2) is 23.1 Å². The van der Waals surface area contributed by atoms with Crippen LogP contribution in [0.2, 0.25) is 0 Å².